The molecule has 0 unspecified atom stereocenters. The Hall–Kier alpha value is -4.25. The van der Waals surface area contributed by atoms with E-state index >= 15 is 0 Å². The van der Waals surface area contributed by atoms with Crippen molar-refractivity contribution in [2.24, 2.45) is 5.73 Å². The summed E-state index contributed by atoms with van der Waals surface area (Å²) in [5.74, 6) is 5.08. The van der Waals surface area contributed by atoms with Crippen molar-refractivity contribution < 1.29 is 19.5 Å². The molecule has 0 fully saturated rings. The summed E-state index contributed by atoms with van der Waals surface area (Å²) in [5, 5.41) is 14.5. The summed E-state index contributed by atoms with van der Waals surface area (Å²) in [4.78, 5) is 36.4. The SMILES string of the molecule is C[C@@H](N)[C@H](NC(=O)c1ccc(C#Cc2ccc(NC(=O)CCCc3ccccc3)cc2)cc1)C(=O)CO. The van der Waals surface area contributed by atoms with E-state index in [0.29, 0.717) is 17.5 Å². The molecular formula is C30H31N3O4. The predicted octanol–water partition coefficient (Wildman–Crippen LogP) is 3.05. The van der Waals surface area contributed by atoms with Gasteiger partial charge >= 0.3 is 0 Å². The fraction of sp³-hybridized carbons (Fsp3) is 0.233. The molecule has 0 bridgehead atoms. The first-order chi connectivity index (χ1) is 17.9. The number of nitrogens with one attached hydrogen (secondary N) is 2. The van der Waals surface area contributed by atoms with Crippen molar-refractivity contribution in [2.75, 3.05) is 11.9 Å². The highest BCUT2D eigenvalue weighted by Crippen LogP contribution is 2.11. The topological polar surface area (TPSA) is 122 Å². The molecule has 2 amide bonds. The van der Waals surface area contributed by atoms with E-state index in [1.54, 1.807) is 31.2 Å². The molecule has 37 heavy (non-hydrogen) atoms. The van der Waals surface area contributed by atoms with Gasteiger partial charge in [-0.1, -0.05) is 42.2 Å². The number of anilines is 1. The second-order valence-electron chi connectivity index (χ2n) is 8.73. The minimum atomic E-state index is -0.959. The zero-order valence-corrected chi connectivity index (χ0v) is 20.7. The average molecular weight is 498 g/mol. The van der Waals surface area contributed by atoms with Gasteiger partial charge in [-0.15, -0.1) is 0 Å². The number of carbonyl (C=O) groups excluding carboxylic acids is 3. The lowest BCUT2D eigenvalue weighted by molar-refractivity contribution is -0.124. The number of Topliss-reactive ketones (excluding diaryl/α,β-unsaturated/α-hetero) is 1. The number of rotatable bonds is 10. The number of ketones is 1. The number of aryl methyl sites for hydroxylation is 1. The Morgan fingerprint density at radius 2 is 1.49 bits per heavy atom. The van der Waals surface area contributed by atoms with Crippen LogP contribution in [-0.4, -0.2) is 41.4 Å². The van der Waals surface area contributed by atoms with Gasteiger partial charge in [0.25, 0.3) is 5.91 Å². The molecule has 3 rings (SSSR count). The van der Waals surface area contributed by atoms with Gasteiger partial charge in [0.05, 0.1) is 0 Å². The van der Waals surface area contributed by atoms with Crippen LogP contribution in [0.2, 0.25) is 0 Å². The van der Waals surface area contributed by atoms with Crippen molar-refractivity contribution in [2.45, 2.75) is 38.3 Å². The number of amides is 2. The van der Waals surface area contributed by atoms with E-state index in [1.807, 2.05) is 42.5 Å². The minimum absolute atomic E-state index is 0.0214. The van der Waals surface area contributed by atoms with Crippen molar-refractivity contribution in [3.8, 4) is 11.8 Å². The molecule has 5 N–H and O–H groups in total. The van der Waals surface area contributed by atoms with Gasteiger partial charge in [0, 0.05) is 34.8 Å². The summed E-state index contributed by atoms with van der Waals surface area (Å²) in [6.45, 7) is 0.897. The monoisotopic (exact) mass is 497 g/mol. The molecule has 7 heteroatoms. The molecule has 3 aromatic rings. The van der Waals surface area contributed by atoms with Crippen LogP contribution in [0.5, 0.6) is 0 Å². The maximum atomic E-state index is 12.4. The van der Waals surface area contributed by atoms with Crippen LogP contribution >= 0.6 is 0 Å². The van der Waals surface area contributed by atoms with Crippen LogP contribution in [0.1, 0.15) is 46.8 Å². The molecule has 0 aliphatic rings. The normalized spacial score (nSPS) is 12.0. The molecule has 0 radical (unpaired) electrons. The van der Waals surface area contributed by atoms with Gasteiger partial charge in [0.2, 0.25) is 5.91 Å². The predicted molar refractivity (Wildman–Crippen MR) is 144 cm³/mol. The number of benzene rings is 3. The van der Waals surface area contributed by atoms with E-state index in [1.165, 1.54) is 5.56 Å². The maximum Gasteiger partial charge on any atom is 0.251 e. The van der Waals surface area contributed by atoms with Gasteiger partial charge < -0.3 is 21.5 Å². The molecule has 0 aliphatic heterocycles. The van der Waals surface area contributed by atoms with Gasteiger partial charge in [0.15, 0.2) is 5.78 Å². The van der Waals surface area contributed by atoms with Crippen molar-refractivity contribution in [3.63, 3.8) is 0 Å². The average Bonchev–Trinajstić information content (AvgIpc) is 2.91. The molecule has 0 aliphatic carbocycles. The Morgan fingerprint density at radius 3 is 2.05 bits per heavy atom. The molecule has 3 aromatic carbocycles. The number of aliphatic hydroxyl groups is 1. The summed E-state index contributed by atoms with van der Waals surface area (Å²) >= 11 is 0. The third-order valence-corrected chi connectivity index (χ3v) is 5.69. The molecule has 190 valence electrons. The lowest BCUT2D eigenvalue weighted by atomic mass is 10.0. The highest BCUT2D eigenvalue weighted by Gasteiger charge is 2.24. The molecule has 0 saturated carbocycles. The van der Waals surface area contributed by atoms with Crippen LogP contribution in [0.3, 0.4) is 0 Å². The summed E-state index contributed by atoms with van der Waals surface area (Å²) in [6.07, 6.45) is 2.10. The van der Waals surface area contributed by atoms with Crippen LogP contribution in [-0.2, 0) is 16.0 Å². The zero-order valence-electron chi connectivity index (χ0n) is 20.7. The third kappa shape index (κ3) is 8.73. The van der Waals surface area contributed by atoms with Crippen LogP contribution in [0.25, 0.3) is 0 Å². The van der Waals surface area contributed by atoms with Crippen LogP contribution < -0.4 is 16.4 Å². The van der Waals surface area contributed by atoms with Gasteiger partial charge in [-0.25, -0.2) is 0 Å². The number of aliphatic hydroxyl groups excluding tert-OH is 1. The van der Waals surface area contributed by atoms with Crippen LogP contribution in [0, 0.1) is 11.8 Å². The highest BCUT2D eigenvalue weighted by molar-refractivity contribution is 5.98. The molecule has 0 spiro atoms. The summed E-state index contributed by atoms with van der Waals surface area (Å²) in [7, 11) is 0. The molecule has 2 atom stereocenters. The highest BCUT2D eigenvalue weighted by atomic mass is 16.3. The lowest BCUT2D eigenvalue weighted by Crippen LogP contribution is -2.52. The molecule has 0 heterocycles. The molecule has 0 aromatic heterocycles. The Balaban J connectivity index is 1.51. The quantitative estimate of drug-likeness (QED) is 0.321. The lowest BCUT2D eigenvalue weighted by Gasteiger charge is -2.20. The fourth-order valence-corrected chi connectivity index (χ4v) is 3.64. The van der Waals surface area contributed by atoms with Gasteiger partial charge in [-0.05, 0) is 73.9 Å². The first kappa shape index (κ1) is 27.3. The van der Waals surface area contributed by atoms with E-state index < -0.39 is 30.4 Å². The van der Waals surface area contributed by atoms with E-state index in [2.05, 4.69) is 34.6 Å². The zero-order chi connectivity index (χ0) is 26.6. The van der Waals surface area contributed by atoms with Crippen molar-refractivity contribution in [3.05, 3.63) is 101 Å². The number of carbonyl (C=O) groups is 3. The van der Waals surface area contributed by atoms with Crippen molar-refractivity contribution >= 4 is 23.3 Å². The largest absolute Gasteiger partial charge is 0.388 e. The standard InChI is InChI=1S/C30H31N3O4/c1-21(31)29(27(35)20-34)33-30(37)25-16-12-23(13-17-25)10-11-24-14-18-26(19-15-24)32-28(36)9-5-8-22-6-3-2-4-7-22/h2-4,6-7,12-19,21,29,34H,5,8-9,20,31H2,1H3,(H,32,36)(H,33,37)/t21-,29+/m1/s1. The van der Waals surface area contributed by atoms with E-state index in [-0.39, 0.29) is 5.91 Å². The summed E-state index contributed by atoms with van der Waals surface area (Å²) in [6, 6.07) is 22.4. The van der Waals surface area contributed by atoms with Crippen molar-refractivity contribution in [1.82, 2.24) is 5.32 Å². The summed E-state index contributed by atoms with van der Waals surface area (Å²) < 4.78 is 0. The van der Waals surface area contributed by atoms with Crippen molar-refractivity contribution in [1.29, 1.82) is 0 Å². The first-order valence-corrected chi connectivity index (χ1v) is 12.1. The van der Waals surface area contributed by atoms with Crippen LogP contribution in [0.4, 0.5) is 5.69 Å². The van der Waals surface area contributed by atoms with E-state index in [4.69, 9.17) is 10.8 Å². The van der Waals surface area contributed by atoms with E-state index in [9.17, 15) is 14.4 Å². The Labute approximate surface area is 217 Å². The van der Waals surface area contributed by atoms with Gasteiger partial charge in [-0.3, -0.25) is 14.4 Å². The first-order valence-electron chi connectivity index (χ1n) is 12.1. The number of hydrogen-bond donors (Lipinski definition) is 4. The molecular weight excluding hydrogens is 466 g/mol. The van der Waals surface area contributed by atoms with Gasteiger partial charge in [0.1, 0.15) is 12.6 Å². The van der Waals surface area contributed by atoms with E-state index in [0.717, 1.165) is 24.1 Å². The second-order valence-corrected chi connectivity index (χ2v) is 8.73. The summed E-state index contributed by atoms with van der Waals surface area (Å²) in [5.41, 5.74) is 9.53. The minimum Gasteiger partial charge on any atom is -0.388 e. The Kier molecular flexibility index (Phi) is 10.1. The second kappa shape index (κ2) is 13.7. The number of nitrogens with two attached hydrogens (primary N) is 1. The fourth-order valence-electron chi connectivity index (χ4n) is 3.64. The smallest absolute Gasteiger partial charge is 0.251 e. The third-order valence-electron chi connectivity index (χ3n) is 5.69. The Morgan fingerprint density at radius 1 is 0.892 bits per heavy atom. The maximum absolute atomic E-state index is 12.4. The van der Waals surface area contributed by atoms with Crippen LogP contribution in [0.15, 0.2) is 78.9 Å². The Bertz CT molecular complexity index is 1260. The number of hydrogen-bond acceptors (Lipinski definition) is 5. The molecule has 0 saturated heterocycles. The molecule has 7 nitrogen and oxygen atoms in total. The van der Waals surface area contributed by atoms with Gasteiger partial charge in [-0.2, -0.15) is 0 Å².